The van der Waals surface area contributed by atoms with E-state index in [4.69, 9.17) is 21.1 Å². The van der Waals surface area contributed by atoms with Crippen molar-refractivity contribution in [1.82, 2.24) is 14.8 Å². The Morgan fingerprint density at radius 3 is 2.48 bits per heavy atom. The molecule has 0 N–H and O–H groups in total. The van der Waals surface area contributed by atoms with Crippen LogP contribution in [0.25, 0.3) is 5.82 Å². The van der Waals surface area contributed by atoms with Crippen LogP contribution in [0.15, 0.2) is 24.4 Å². The van der Waals surface area contributed by atoms with Crippen LogP contribution >= 0.6 is 11.6 Å². The number of ether oxygens (including phenoxy) is 2. The minimum absolute atomic E-state index is 0.0992. The topological polar surface area (TPSA) is 66.2 Å². The maximum atomic E-state index is 11.8. The van der Waals surface area contributed by atoms with Gasteiger partial charge in [-0.1, -0.05) is 25.4 Å². The zero-order chi connectivity index (χ0) is 20.6. The summed E-state index contributed by atoms with van der Waals surface area (Å²) in [5.74, 6) is 1.51. The van der Waals surface area contributed by atoms with E-state index < -0.39 is 5.97 Å². The van der Waals surface area contributed by atoms with Gasteiger partial charge in [-0.05, 0) is 67.9 Å². The van der Waals surface area contributed by atoms with Gasteiger partial charge >= 0.3 is 5.97 Å². The van der Waals surface area contributed by atoms with E-state index in [1.54, 1.807) is 29.9 Å². The first-order valence-electron chi connectivity index (χ1n) is 10.6. The lowest BCUT2D eigenvalue weighted by Gasteiger charge is -2.06. The first kappa shape index (κ1) is 20.2. The van der Waals surface area contributed by atoms with Crippen molar-refractivity contribution < 1.29 is 14.3 Å². The summed E-state index contributed by atoms with van der Waals surface area (Å²) in [7, 11) is 0. The van der Waals surface area contributed by atoms with Crippen LogP contribution in [0.3, 0.4) is 0 Å². The predicted octanol–water partition coefficient (Wildman–Crippen LogP) is 5.08. The molecule has 3 saturated carbocycles. The third kappa shape index (κ3) is 3.41. The lowest BCUT2D eigenvalue weighted by molar-refractivity contribution is 0.0526. The van der Waals surface area contributed by atoms with Gasteiger partial charge < -0.3 is 9.47 Å². The largest absolute Gasteiger partial charge is 0.477 e. The lowest BCUT2D eigenvalue weighted by Crippen LogP contribution is -2.08. The molecule has 7 heteroatoms. The van der Waals surface area contributed by atoms with Crippen molar-refractivity contribution in [2.75, 3.05) is 13.2 Å². The molecule has 0 aromatic carbocycles. The van der Waals surface area contributed by atoms with E-state index in [2.05, 4.69) is 10.1 Å². The smallest absolute Gasteiger partial charge is 0.341 e. The molecule has 0 saturated heterocycles. The number of halogens is 1. The Balaban J connectivity index is 0.000000994. The van der Waals surface area contributed by atoms with E-state index in [1.807, 2.05) is 19.9 Å². The van der Waals surface area contributed by atoms with Crippen LogP contribution in [0.1, 0.15) is 63.2 Å². The van der Waals surface area contributed by atoms with Crippen LogP contribution in [-0.4, -0.2) is 33.9 Å². The Hall–Kier alpha value is -2.08. The van der Waals surface area contributed by atoms with Crippen LogP contribution < -0.4 is 4.74 Å². The third-order valence-corrected chi connectivity index (χ3v) is 6.89. The lowest BCUT2D eigenvalue weighted by atomic mass is 10.2. The second-order valence-electron chi connectivity index (χ2n) is 7.83. The van der Waals surface area contributed by atoms with E-state index in [1.165, 1.54) is 25.7 Å². The normalized spacial score (nSPS) is 19.4. The maximum absolute atomic E-state index is 11.8. The number of hydrogen-bond acceptors (Lipinski definition) is 5. The van der Waals surface area contributed by atoms with Crippen molar-refractivity contribution in [3.63, 3.8) is 0 Å². The maximum Gasteiger partial charge on any atom is 0.341 e. The monoisotopic (exact) mass is 417 g/mol. The average Bonchev–Trinajstić information content (AvgIpc) is 3.68. The summed E-state index contributed by atoms with van der Waals surface area (Å²) in [6, 6.07) is 5.11. The molecule has 0 amide bonds. The van der Waals surface area contributed by atoms with Gasteiger partial charge in [0.15, 0.2) is 5.82 Å². The van der Waals surface area contributed by atoms with Gasteiger partial charge in [0.1, 0.15) is 5.15 Å². The Kier molecular flexibility index (Phi) is 5.32. The van der Waals surface area contributed by atoms with Crippen molar-refractivity contribution in [3.8, 4) is 11.7 Å². The highest BCUT2D eigenvalue weighted by Gasteiger charge is 2.85. The first-order chi connectivity index (χ1) is 14.1. The zero-order valence-electron chi connectivity index (χ0n) is 17.3. The van der Waals surface area contributed by atoms with E-state index >= 15 is 0 Å². The van der Waals surface area contributed by atoms with Crippen LogP contribution in [-0.2, 0) is 4.74 Å². The van der Waals surface area contributed by atoms with Gasteiger partial charge in [0.2, 0.25) is 5.88 Å². The molecule has 2 aromatic heterocycles. The van der Waals surface area contributed by atoms with E-state index in [-0.39, 0.29) is 10.7 Å². The number of nitrogens with zero attached hydrogens (tertiary/aromatic N) is 3. The highest BCUT2D eigenvalue weighted by molar-refractivity contribution is 6.32. The number of aromatic nitrogens is 3. The Morgan fingerprint density at radius 2 is 1.90 bits per heavy atom. The molecular weight excluding hydrogens is 390 g/mol. The van der Waals surface area contributed by atoms with Crippen molar-refractivity contribution >= 4 is 17.6 Å². The second kappa shape index (κ2) is 7.63. The van der Waals surface area contributed by atoms with Gasteiger partial charge in [0.25, 0.3) is 0 Å². The summed E-state index contributed by atoms with van der Waals surface area (Å²) in [5, 5.41) is 4.51. The van der Waals surface area contributed by atoms with Gasteiger partial charge in [-0.2, -0.15) is 0 Å². The molecule has 0 bridgehead atoms. The van der Waals surface area contributed by atoms with Crippen LogP contribution in [0.4, 0.5) is 0 Å². The van der Waals surface area contributed by atoms with Crippen LogP contribution in [0.5, 0.6) is 5.88 Å². The standard InChI is InChI=1S/C20H22ClN3O3.C2H6/c1-2-26-18(25)13-3-4-15(22-17(13)21)24-11-5-16(23-24)27-12-6-14-19(7-8-19)20(14)9-10-20;1-2/h3-5,11,14H,2,6-10,12H2,1H3;1-2H3. The number of esters is 1. The number of carbonyl (C=O) groups is 1. The first-order valence-corrected chi connectivity index (χ1v) is 11.0. The second-order valence-corrected chi connectivity index (χ2v) is 8.19. The highest BCUT2D eigenvalue weighted by Crippen LogP contribution is 2.93. The molecule has 2 aromatic rings. The van der Waals surface area contributed by atoms with Crippen molar-refractivity contribution in [1.29, 1.82) is 0 Å². The fraction of sp³-hybridized carbons (Fsp3) is 0.591. The van der Waals surface area contributed by atoms with Crippen molar-refractivity contribution in [2.24, 2.45) is 16.7 Å². The fourth-order valence-electron chi connectivity index (χ4n) is 5.06. The SMILES string of the molecule is CC.CCOC(=O)c1ccc(-n2ccc(OCCC3C4(CC4)C34CC4)n2)nc1Cl. The fourth-order valence-corrected chi connectivity index (χ4v) is 5.29. The number of rotatable bonds is 7. The van der Waals surface area contributed by atoms with Gasteiger partial charge in [0, 0.05) is 12.3 Å². The predicted molar refractivity (Wildman–Crippen MR) is 111 cm³/mol. The molecule has 2 heterocycles. The molecular formula is C22H28ClN3O3. The van der Waals surface area contributed by atoms with E-state index in [0.717, 1.165) is 23.2 Å². The minimum Gasteiger partial charge on any atom is -0.477 e. The Morgan fingerprint density at radius 1 is 1.21 bits per heavy atom. The number of pyridine rings is 1. The molecule has 0 aliphatic heterocycles. The Bertz CT molecular complexity index is 884. The molecule has 0 atom stereocenters. The molecule has 2 spiro atoms. The highest BCUT2D eigenvalue weighted by atomic mass is 35.5. The summed E-state index contributed by atoms with van der Waals surface area (Å²) >= 11 is 6.12. The summed E-state index contributed by atoms with van der Waals surface area (Å²) in [6.07, 6.45) is 8.63. The quantitative estimate of drug-likeness (QED) is 0.464. The van der Waals surface area contributed by atoms with Gasteiger partial charge in [-0.25, -0.2) is 14.5 Å². The minimum atomic E-state index is -0.479. The summed E-state index contributed by atoms with van der Waals surface area (Å²) < 4.78 is 12.4. The average molecular weight is 418 g/mol. The molecule has 3 aliphatic carbocycles. The van der Waals surface area contributed by atoms with Crippen molar-refractivity contribution in [3.05, 3.63) is 35.1 Å². The molecule has 6 nitrogen and oxygen atoms in total. The number of fused-ring (bicyclic) bond motifs is 1. The molecule has 3 fully saturated rings. The summed E-state index contributed by atoms with van der Waals surface area (Å²) in [4.78, 5) is 16.0. The molecule has 29 heavy (non-hydrogen) atoms. The number of hydrogen-bond donors (Lipinski definition) is 0. The molecule has 0 radical (unpaired) electrons. The van der Waals surface area contributed by atoms with Crippen LogP contribution in [0.2, 0.25) is 5.15 Å². The third-order valence-electron chi connectivity index (χ3n) is 6.60. The van der Waals surface area contributed by atoms with Crippen molar-refractivity contribution in [2.45, 2.75) is 52.9 Å². The molecule has 156 valence electrons. The molecule has 0 unspecified atom stereocenters. The van der Waals surface area contributed by atoms with E-state index in [9.17, 15) is 4.79 Å². The molecule has 3 aliphatic rings. The van der Waals surface area contributed by atoms with Gasteiger partial charge in [-0.15, -0.1) is 5.10 Å². The number of carbonyl (C=O) groups excluding carboxylic acids is 1. The molecule has 5 rings (SSSR count). The zero-order valence-corrected chi connectivity index (χ0v) is 18.0. The Labute approximate surface area is 176 Å². The van der Waals surface area contributed by atoms with E-state index in [0.29, 0.717) is 24.9 Å². The van der Waals surface area contributed by atoms with Crippen LogP contribution in [0, 0.1) is 16.7 Å². The van der Waals surface area contributed by atoms with Gasteiger partial charge in [-0.3, -0.25) is 0 Å². The van der Waals surface area contributed by atoms with Gasteiger partial charge in [0.05, 0.1) is 18.8 Å². The summed E-state index contributed by atoms with van der Waals surface area (Å²) in [6.45, 7) is 6.75. The summed E-state index contributed by atoms with van der Waals surface area (Å²) in [5.41, 5.74) is 1.69.